The smallest absolute Gasteiger partial charge is 0.325 e. The van der Waals surface area contributed by atoms with Gasteiger partial charge < -0.3 is 5.32 Å². The number of nitrogens with one attached hydrogen (secondary N) is 1. The lowest BCUT2D eigenvalue weighted by atomic mass is 10.0. The molecular formula is C22H21ClN4O2. The number of amides is 3. The molecule has 1 fully saturated rings. The van der Waals surface area contributed by atoms with Crippen LogP contribution in [0, 0.1) is 5.92 Å². The Labute approximate surface area is 174 Å². The van der Waals surface area contributed by atoms with Gasteiger partial charge >= 0.3 is 6.03 Å². The summed E-state index contributed by atoms with van der Waals surface area (Å²) in [7, 11) is 0. The maximum Gasteiger partial charge on any atom is 0.325 e. The van der Waals surface area contributed by atoms with Crippen molar-refractivity contribution in [1.29, 1.82) is 0 Å². The van der Waals surface area contributed by atoms with Crippen molar-refractivity contribution in [2.75, 3.05) is 0 Å². The number of hydrogen-bond acceptors (Lipinski definition) is 3. The van der Waals surface area contributed by atoms with Gasteiger partial charge in [-0.3, -0.25) is 9.69 Å². The molecule has 0 saturated carbocycles. The molecule has 4 rings (SSSR count). The van der Waals surface area contributed by atoms with Crippen LogP contribution in [0.4, 0.5) is 4.79 Å². The molecule has 0 spiro atoms. The summed E-state index contributed by atoms with van der Waals surface area (Å²) in [6.07, 6.45) is 1.86. The van der Waals surface area contributed by atoms with E-state index in [4.69, 9.17) is 16.7 Å². The van der Waals surface area contributed by atoms with Crippen molar-refractivity contribution in [2.24, 2.45) is 5.92 Å². The lowest BCUT2D eigenvalue weighted by Gasteiger charge is -2.14. The average Bonchev–Trinajstić information content (AvgIpc) is 3.26. The Bertz CT molecular complexity index is 1040. The summed E-state index contributed by atoms with van der Waals surface area (Å²) in [6, 6.07) is 16.2. The van der Waals surface area contributed by atoms with E-state index in [1.165, 1.54) is 4.90 Å². The zero-order chi connectivity index (χ0) is 20.5. The number of benzene rings is 2. The summed E-state index contributed by atoms with van der Waals surface area (Å²) < 4.78 is 1.76. The Morgan fingerprint density at radius 1 is 1.07 bits per heavy atom. The van der Waals surface area contributed by atoms with Gasteiger partial charge in [-0.15, -0.1) is 0 Å². The van der Waals surface area contributed by atoms with Crippen LogP contribution in [0.5, 0.6) is 0 Å². The third-order valence-electron chi connectivity index (χ3n) is 4.98. The second kappa shape index (κ2) is 7.72. The second-order valence-corrected chi connectivity index (χ2v) is 7.82. The molecule has 0 aliphatic carbocycles. The highest BCUT2D eigenvalue weighted by Crippen LogP contribution is 2.27. The molecule has 1 aromatic heterocycles. The zero-order valence-electron chi connectivity index (χ0n) is 16.2. The third-order valence-corrected chi connectivity index (χ3v) is 5.23. The van der Waals surface area contributed by atoms with Gasteiger partial charge in [0.1, 0.15) is 6.04 Å². The van der Waals surface area contributed by atoms with E-state index >= 15 is 0 Å². The Hall–Kier alpha value is -3.12. The van der Waals surface area contributed by atoms with Crippen molar-refractivity contribution < 1.29 is 9.59 Å². The highest BCUT2D eigenvalue weighted by atomic mass is 35.5. The van der Waals surface area contributed by atoms with Crippen molar-refractivity contribution in [2.45, 2.75) is 26.4 Å². The highest BCUT2D eigenvalue weighted by molar-refractivity contribution is 6.30. The summed E-state index contributed by atoms with van der Waals surface area (Å²) in [6.45, 7) is 3.98. The van der Waals surface area contributed by atoms with Crippen LogP contribution in [0.3, 0.4) is 0 Å². The monoisotopic (exact) mass is 408 g/mol. The molecular weight excluding hydrogens is 388 g/mol. The molecule has 1 N–H and O–H groups in total. The molecule has 7 heteroatoms. The first kappa shape index (κ1) is 19.2. The van der Waals surface area contributed by atoms with E-state index < -0.39 is 6.04 Å². The number of para-hydroxylation sites is 1. The fourth-order valence-corrected chi connectivity index (χ4v) is 3.53. The molecule has 29 heavy (non-hydrogen) atoms. The molecule has 2 heterocycles. The quantitative estimate of drug-likeness (QED) is 0.641. The van der Waals surface area contributed by atoms with Crippen molar-refractivity contribution >= 4 is 23.5 Å². The van der Waals surface area contributed by atoms with Crippen LogP contribution in [0.2, 0.25) is 5.02 Å². The standard InChI is InChI=1S/C22H21ClN4O2/c1-14(2)19-21(28)26(22(29)24-19)12-16-13-27(18-6-4-3-5-7-18)25-20(16)15-8-10-17(23)11-9-15/h3-11,13-14,19H,12H2,1-2H3,(H,24,29). The summed E-state index contributed by atoms with van der Waals surface area (Å²) in [5, 5.41) is 8.13. The number of carbonyl (C=O) groups is 2. The molecule has 0 radical (unpaired) electrons. The number of aromatic nitrogens is 2. The number of urea groups is 1. The van der Waals surface area contributed by atoms with Gasteiger partial charge in [-0.05, 0) is 30.2 Å². The fraction of sp³-hybridized carbons (Fsp3) is 0.227. The maximum atomic E-state index is 12.7. The van der Waals surface area contributed by atoms with E-state index in [1.807, 2.05) is 62.5 Å². The lowest BCUT2D eigenvalue weighted by Crippen LogP contribution is -2.34. The highest BCUT2D eigenvalue weighted by Gasteiger charge is 2.40. The summed E-state index contributed by atoms with van der Waals surface area (Å²) in [4.78, 5) is 26.4. The number of nitrogens with zero attached hydrogens (tertiary/aromatic N) is 3. The van der Waals surface area contributed by atoms with Crippen LogP contribution in [0.1, 0.15) is 19.4 Å². The number of carbonyl (C=O) groups excluding carboxylic acids is 2. The van der Waals surface area contributed by atoms with E-state index in [0.717, 1.165) is 16.8 Å². The first-order valence-corrected chi connectivity index (χ1v) is 9.83. The van der Waals surface area contributed by atoms with Gasteiger partial charge in [0, 0.05) is 22.3 Å². The largest absolute Gasteiger partial charge is 0.326 e. The molecule has 0 bridgehead atoms. The Balaban J connectivity index is 1.73. The number of halogens is 1. The number of rotatable bonds is 5. The van der Waals surface area contributed by atoms with Crippen LogP contribution >= 0.6 is 11.6 Å². The Morgan fingerprint density at radius 3 is 2.38 bits per heavy atom. The Morgan fingerprint density at radius 2 is 1.76 bits per heavy atom. The number of hydrogen-bond donors (Lipinski definition) is 1. The first-order chi connectivity index (χ1) is 13.9. The average molecular weight is 409 g/mol. The van der Waals surface area contributed by atoms with Crippen molar-refractivity contribution in [3.8, 4) is 16.9 Å². The summed E-state index contributed by atoms with van der Waals surface area (Å²) in [5.41, 5.74) is 3.25. The maximum absolute atomic E-state index is 12.7. The predicted molar refractivity (Wildman–Crippen MR) is 112 cm³/mol. The van der Waals surface area contributed by atoms with E-state index in [0.29, 0.717) is 10.7 Å². The zero-order valence-corrected chi connectivity index (χ0v) is 16.9. The van der Waals surface area contributed by atoms with Gasteiger partial charge in [-0.1, -0.05) is 55.8 Å². The van der Waals surface area contributed by atoms with Gasteiger partial charge in [0.25, 0.3) is 5.91 Å². The van der Waals surface area contributed by atoms with Crippen molar-refractivity contribution in [3.05, 3.63) is 71.4 Å². The van der Waals surface area contributed by atoms with Gasteiger partial charge in [-0.2, -0.15) is 5.10 Å². The first-order valence-electron chi connectivity index (χ1n) is 9.46. The summed E-state index contributed by atoms with van der Waals surface area (Å²) in [5.74, 6) is -0.182. The molecule has 148 valence electrons. The van der Waals surface area contributed by atoms with Crippen LogP contribution < -0.4 is 5.32 Å². The van der Waals surface area contributed by atoms with Crippen LogP contribution in [0.15, 0.2) is 60.8 Å². The van der Waals surface area contributed by atoms with Gasteiger partial charge in [-0.25, -0.2) is 9.48 Å². The van der Waals surface area contributed by atoms with Crippen molar-refractivity contribution in [1.82, 2.24) is 20.0 Å². The van der Waals surface area contributed by atoms with Gasteiger partial charge in [0.2, 0.25) is 0 Å². The van der Waals surface area contributed by atoms with Crippen LogP contribution in [-0.4, -0.2) is 32.7 Å². The third kappa shape index (κ3) is 3.76. The van der Waals surface area contributed by atoms with Crippen LogP contribution in [-0.2, 0) is 11.3 Å². The molecule has 1 saturated heterocycles. The molecule has 1 aliphatic heterocycles. The predicted octanol–water partition coefficient (Wildman–Crippen LogP) is 4.27. The summed E-state index contributed by atoms with van der Waals surface area (Å²) >= 11 is 6.03. The molecule has 6 nitrogen and oxygen atoms in total. The lowest BCUT2D eigenvalue weighted by molar-refractivity contribution is -0.128. The molecule has 1 unspecified atom stereocenters. The van der Waals surface area contributed by atoms with E-state index in [9.17, 15) is 9.59 Å². The minimum Gasteiger partial charge on any atom is -0.326 e. The van der Waals surface area contributed by atoms with Crippen molar-refractivity contribution in [3.63, 3.8) is 0 Å². The topological polar surface area (TPSA) is 67.2 Å². The normalized spacial score (nSPS) is 16.6. The minimum absolute atomic E-state index is 0.0271. The minimum atomic E-state index is -0.495. The van der Waals surface area contributed by atoms with Crippen LogP contribution in [0.25, 0.3) is 16.9 Å². The SMILES string of the molecule is CC(C)C1NC(=O)N(Cc2cn(-c3ccccc3)nc2-c2ccc(Cl)cc2)C1=O. The molecule has 1 aliphatic rings. The fourth-order valence-electron chi connectivity index (χ4n) is 3.40. The van der Waals surface area contributed by atoms with Gasteiger partial charge in [0.05, 0.1) is 17.9 Å². The molecule has 2 aromatic carbocycles. The Kier molecular flexibility index (Phi) is 5.11. The second-order valence-electron chi connectivity index (χ2n) is 7.39. The molecule has 3 aromatic rings. The number of imide groups is 1. The molecule has 3 amide bonds. The van der Waals surface area contributed by atoms with E-state index in [1.54, 1.807) is 16.8 Å². The van der Waals surface area contributed by atoms with Gasteiger partial charge in [0.15, 0.2) is 0 Å². The molecule has 1 atom stereocenters. The van der Waals surface area contributed by atoms with E-state index in [2.05, 4.69) is 5.32 Å². The van der Waals surface area contributed by atoms with E-state index in [-0.39, 0.29) is 24.4 Å².